The lowest BCUT2D eigenvalue weighted by molar-refractivity contribution is -0.153. The summed E-state index contributed by atoms with van der Waals surface area (Å²) in [5, 5.41) is 0. The van der Waals surface area contributed by atoms with Crippen molar-refractivity contribution >= 4 is 11.9 Å². The second kappa shape index (κ2) is 6.03. The zero-order chi connectivity index (χ0) is 12.8. The lowest BCUT2D eigenvalue weighted by Gasteiger charge is -2.20. The van der Waals surface area contributed by atoms with Gasteiger partial charge in [0, 0.05) is 0 Å². The molecule has 1 aromatic rings. The maximum atomic E-state index is 11.7. The van der Waals surface area contributed by atoms with Crippen molar-refractivity contribution in [2.75, 3.05) is 14.2 Å². The molecule has 0 spiro atoms. The average Bonchev–Trinajstić information content (AvgIpc) is 2.38. The third kappa shape index (κ3) is 3.06. The van der Waals surface area contributed by atoms with Crippen molar-refractivity contribution in [1.29, 1.82) is 0 Å². The summed E-state index contributed by atoms with van der Waals surface area (Å²) < 4.78 is 9.40. The molecule has 0 amide bonds. The molecule has 0 saturated carbocycles. The number of rotatable bonds is 4. The predicted molar refractivity (Wildman–Crippen MR) is 62.4 cm³/mol. The quantitative estimate of drug-likeness (QED) is 0.747. The summed E-state index contributed by atoms with van der Waals surface area (Å²) in [5.41, 5.74) is 0.747. The molecule has 17 heavy (non-hydrogen) atoms. The first kappa shape index (κ1) is 13.2. The third-order valence-corrected chi connectivity index (χ3v) is 2.69. The van der Waals surface area contributed by atoms with Crippen LogP contribution in [0.25, 0.3) is 0 Å². The average molecular weight is 236 g/mol. The molecular weight excluding hydrogens is 220 g/mol. The van der Waals surface area contributed by atoms with Crippen LogP contribution in [-0.2, 0) is 19.1 Å². The Hall–Kier alpha value is -1.84. The van der Waals surface area contributed by atoms with Crippen LogP contribution in [0.2, 0.25) is 0 Å². The molecule has 0 aliphatic carbocycles. The van der Waals surface area contributed by atoms with Gasteiger partial charge in [0.1, 0.15) is 0 Å². The Balaban J connectivity index is 3.05. The number of carbonyl (C=O) groups excluding carboxylic acids is 2. The Morgan fingerprint density at radius 1 is 1.00 bits per heavy atom. The smallest absolute Gasteiger partial charge is 0.314 e. The number of carbonyl (C=O) groups is 2. The van der Waals surface area contributed by atoms with E-state index < -0.39 is 23.8 Å². The lowest BCUT2D eigenvalue weighted by atomic mass is 9.87. The molecule has 0 aromatic heterocycles. The summed E-state index contributed by atoms with van der Waals surface area (Å²) in [6, 6.07) is 9.06. The van der Waals surface area contributed by atoms with E-state index in [2.05, 4.69) is 4.74 Å². The summed E-state index contributed by atoms with van der Waals surface area (Å²) in [6.07, 6.45) is 0. The van der Waals surface area contributed by atoms with E-state index in [1.807, 2.05) is 18.2 Å². The van der Waals surface area contributed by atoms with Crippen molar-refractivity contribution in [2.45, 2.75) is 12.8 Å². The van der Waals surface area contributed by atoms with E-state index in [9.17, 15) is 9.59 Å². The molecule has 0 N–H and O–H groups in total. The van der Waals surface area contributed by atoms with Crippen LogP contribution in [0.1, 0.15) is 18.4 Å². The fourth-order valence-electron chi connectivity index (χ4n) is 1.74. The summed E-state index contributed by atoms with van der Waals surface area (Å²) >= 11 is 0. The summed E-state index contributed by atoms with van der Waals surface area (Å²) in [4.78, 5) is 23.3. The number of benzene rings is 1. The molecule has 0 fully saturated rings. The third-order valence-electron chi connectivity index (χ3n) is 2.69. The maximum absolute atomic E-state index is 11.7. The van der Waals surface area contributed by atoms with Crippen LogP contribution < -0.4 is 0 Å². The molecule has 2 atom stereocenters. The number of esters is 2. The van der Waals surface area contributed by atoms with Crippen LogP contribution in [-0.4, -0.2) is 26.2 Å². The Morgan fingerprint density at radius 3 is 2.00 bits per heavy atom. The Kier molecular flexibility index (Phi) is 4.69. The van der Waals surface area contributed by atoms with Gasteiger partial charge in [0.2, 0.25) is 0 Å². The molecule has 4 heteroatoms. The summed E-state index contributed by atoms with van der Waals surface area (Å²) in [6.45, 7) is 1.65. The molecule has 0 bridgehead atoms. The molecule has 92 valence electrons. The minimum absolute atomic E-state index is 0.427. The maximum Gasteiger partial charge on any atom is 0.314 e. The molecule has 4 nitrogen and oxygen atoms in total. The minimum atomic E-state index is -0.631. The van der Waals surface area contributed by atoms with Crippen molar-refractivity contribution in [3.8, 4) is 0 Å². The molecule has 1 rings (SSSR count). The highest BCUT2D eigenvalue weighted by atomic mass is 16.5. The molecule has 0 heterocycles. The lowest BCUT2D eigenvalue weighted by Crippen LogP contribution is -2.27. The van der Waals surface area contributed by atoms with Crippen molar-refractivity contribution in [3.05, 3.63) is 35.9 Å². The van der Waals surface area contributed by atoms with Crippen molar-refractivity contribution < 1.29 is 19.1 Å². The topological polar surface area (TPSA) is 52.6 Å². The van der Waals surface area contributed by atoms with Gasteiger partial charge in [-0.15, -0.1) is 0 Å². The van der Waals surface area contributed by atoms with E-state index in [0.29, 0.717) is 0 Å². The Labute approximate surface area is 101 Å². The van der Waals surface area contributed by atoms with E-state index in [1.54, 1.807) is 19.1 Å². The van der Waals surface area contributed by atoms with Gasteiger partial charge in [-0.25, -0.2) is 0 Å². The summed E-state index contributed by atoms with van der Waals surface area (Å²) in [5.74, 6) is -2.07. The van der Waals surface area contributed by atoms with E-state index in [0.717, 1.165) is 5.56 Å². The number of hydrogen-bond donors (Lipinski definition) is 0. The second-order valence-electron chi connectivity index (χ2n) is 3.72. The van der Waals surface area contributed by atoms with Crippen LogP contribution in [0.5, 0.6) is 0 Å². The van der Waals surface area contributed by atoms with Gasteiger partial charge in [-0.1, -0.05) is 37.3 Å². The van der Waals surface area contributed by atoms with E-state index in [-0.39, 0.29) is 0 Å². The molecule has 0 saturated heterocycles. The van der Waals surface area contributed by atoms with Gasteiger partial charge in [-0.2, -0.15) is 0 Å². The van der Waals surface area contributed by atoms with E-state index in [1.165, 1.54) is 14.2 Å². The van der Waals surface area contributed by atoms with Gasteiger partial charge in [-0.05, 0) is 5.56 Å². The van der Waals surface area contributed by atoms with Crippen molar-refractivity contribution in [3.63, 3.8) is 0 Å². The highest BCUT2D eigenvalue weighted by Gasteiger charge is 2.33. The van der Waals surface area contributed by atoms with Crippen LogP contribution >= 0.6 is 0 Å². The number of ether oxygens (including phenoxy) is 2. The van der Waals surface area contributed by atoms with Gasteiger partial charge in [0.05, 0.1) is 26.1 Å². The minimum Gasteiger partial charge on any atom is -0.469 e. The van der Waals surface area contributed by atoms with Crippen molar-refractivity contribution in [2.24, 2.45) is 5.92 Å². The van der Waals surface area contributed by atoms with Gasteiger partial charge in [0.25, 0.3) is 0 Å². The normalized spacial score (nSPS) is 13.6. The first-order valence-corrected chi connectivity index (χ1v) is 5.32. The highest BCUT2D eigenvalue weighted by Crippen LogP contribution is 2.26. The number of hydrogen-bond acceptors (Lipinski definition) is 4. The second-order valence-corrected chi connectivity index (χ2v) is 3.72. The van der Waals surface area contributed by atoms with Gasteiger partial charge in [0.15, 0.2) is 0 Å². The fourth-order valence-corrected chi connectivity index (χ4v) is 1.74. The van der Waals surface area contributed by atoms with Crippen LogP contribution in [0, 0.1) is 5.92 Å². The van der Waals surface area contributed by atoms with Crippen LogP contribution in [0.15, 0.2) is 30.3 Å². The largest absolute Gasteiger partial charge is 0.469 e. The van der Waals surface area contributed by atoms with E-state index >= 15 is 0 Å². The van der Waals surface area contributed by atoms with Gasteiger partial charge in [-0.3, -0.25) is 9.59 Å². The SMILES string of the molecule is COC(=O)[C@H](C)[C@@H](C(=O)OC)c1ccccc1. The standard InChI is InChI=1S/C13H16O4/c1-9(12(14)16-2)11(13(15)17-3)10-7-5-4-6-8-10/h4-9,11H,1-3H3/t9-,11-/m1/s1. The fraction of sp³-hybridized carbons (Fsp3) is 0.385. The zero-order valence-corrected chi connectivity index (χ0v) is 10.2. The molecule has 0 aliphatic rings. The first-order valence-electron chi connectivity index (χ1n) is 5.32. The highest BCUT2D eigenvalue weighted by molar-refractivity contribution is 5.85. The Bertz CT molecular complexity index is 386. The molecular formula is C13H16O4. The van der Waals surface area contributed by atoms with Crippen LogP contribution in [0.3, 0.4) is 0 Å². The molecule has 0 aliphatic heterocycles. The molecule has 0 unspecified atom stereocenters. The molecule has 0 radical (unpaired) electrons. The van der Waals surface area contributed by atoms with Crippen molar-refractivity contribution in [1.82, 2.24) is 0 Å². The Morgan fingerprint density at radius 2 is 1.53 bits per heavy atom. The summed E-state index contributed by atoms with van der Waals surface area (Å²) in [7, 11) is 2.61. The van der Waals surface area contributed by atoms with E-state index in [4.69, 9.17) is 4.74 Å². The van der Waals surface area contributed by atoms with Gasteiger partial charge >= 0.3 is 11.9 Å². The van der Waals surface area contributed by atoms with Crippen LogP contribution in [0.4, 0.5) is 0 Å². The number of methoxy groups -OCH3 is 2. The first-order chi connectivity index (χ1) is 8.11. The monoisotopic (exact) mass is 236 g/mol. The molecule has 1 aromatic carbocycles. The van der Waals surface area contributed by atoms with Gasteiger partial charge < -0.3 is 9.47 Å². The predicted octanol–water partition coefficient (Wildman–Crippen LogP) is 1.75. The zero-order valence-electron chi connectivity index (χ0n) is 10.2.